The van der Waals surface area contributed by atoms with Gasteiger partial charge in [-0.25, -0.2) is 0 Å². The van der Waals surface area contributed by atoms with Crippen LogP contribution >= 0.6 is 0 Å². The summed E-state index contributed by atoms with van der Waals surface area (Å²) in [6, 6.07) is 0. The molecular weight excluding hydrogens is 142 g/mol. The zero-order valence-corrected chi connectivity index (χ0v) is 6.50. The van der Waals surface area contributed by atoms with Gasteiger partial charge in [0.2, 0.25) is 5.91 Å². The summed E-state index contributed by atoms with van der Waals surface area (Å²) in [4.78, 5) is 12.4. The average molecular weight is 153 g/mol. The fourth-order valence-corrected chi connectivity index (χ4v) is 1.25. The average Bonchev–Trinajstić information content (AvgIpc) is 2.33. The van der Waals surface area contributed by atoms with E-state index in [1.807, 2.05) is 6.19 Å². The fourth-order valence-electron chi connectivity index (χ4n) is 1.25. The number of hydrogen-bond acceptors (Lipinski definition) is 3. The molecule has 4 heteroatoms. The van der Waals surface area contributed by atoms with E-state index >= 15 is 0 Å². The molecule has 1 fully saturated rings. The van der Waals surface area contributed by atoms with Crippen molar-refractivity contribution in [2.45, 2.75) is 13.3 Å². The number of carbonyl (C=O) groups excluding carboxylic acids is 1. The van der Waals surface area contributed by atoms with E-state index in [9.17, 15) is 4.79 Å². The summed E-state index contributed by atoms with van der Waals surface area (Å²) in [6.45, 7) is 2.92. The van der Waals surface area contributed by atoms with Crippen molar-refractivity contribution in [1.29, 1.82) is 5.26 Å². The van der Waals surface area contributed by atoms with E-state index < -0.39 is 5.41 Å². The molecule has 1 amide bonds. The molecule has 1 aliphatic rings. The minimum atomic E-state index is -0.490. The van der Waals surface area contributed by atoms with Crippen LogP contribution in [0.3, 0.4) is 0 Å². The van der Waals surface area contributed by atoms with Crippen molar-refractivity contribution in [3.8, 4) is 6.19 Å². The lowest BCUT2D eigenvalue weighted by atomic mass is 9.89. The number of nitrogens with zero attached hydrogens (tertiary/aromatic N) is 2. The third-order valence-corrected chi connectivity index (χ3v) is 2.21. The molecule has 4 nitrogen and oxygen atoms in total. The molecule has 1 atom stereocenters. The van der Waals surface area contributed by atoms with Crippen molar-refractivity contribution in [3.63, 3.8) is 0 Å². The standard InChI is InChI=1S/C7H11N3O/c1-7(6(9)11)2-3-10(4-7)5-8/h2-4H2,1H3,(H2,9,11). The summed E-state index contributed by atoms with van der Waals surface area (Å²) < 4.78 is 0. The molecule has 1 saturated heterocycles. The van der Waals surface area contributed by atoms with Crippen LogP contribution in [0.4, 0.5) is 0 Å². The maximum atomic E-state index is 10.9. The summed E-state index contributed by atoms with van der Waals surface area (Å²) in [5.41, 5.74) is 4.68. The summed E-state index contributed by atoms with van der Waals surface area (Å²) in [5, 5.41) is 8.50. The quantitative estimate of drug-likeness (QED) is 0.524. The first-order valence-electron chi connectivity index (χ1n) is 3.53. The van der Waals surface area contributed by atoms with Crippen molar-refractivity contribution >= 4 is 5.91 Å². The SMILES string of the molecule is CC1(C(N)=O)CCN(C#N)C1. The Morgan fingerprint density at radius 3 is 2.73 bits per heavy atom. The molecule has 1 unspecified atom stereocenters. The van der Waals surface area contributed by atoms with E-state index in [-0.39, 0.29) is 5.91 Å². The van der Waals surface area contributed by atoms with Crippen molar-refractivity contribution in [1.82, 2.24) is 4.90 Å². The lowest BCUT2D eigenvalue weighted by Crippen LogP contribution is -2.36. The van der Waals surface area contributed by atoms with Gasteiger partial charge in [0.15, 0.2) is 6.19 Å². The number of rotatable bonds is 1. The minimum absolute atomic E-state index is 0.310. The van der Waals surface area contributed by atoms with Gasteiger partial charge in [-0.1, -0.05) is 0 Å². The van der Waals surface area contributed by atoms with Crippen molar-refractivity contribution in [2.75, 3.05) is 13.1 Å². The lowest BCUT2D eigenvalue weighted by Gasteiger charge is -2.17. The van der Waals surface area contributed by atoms with Gasteiger partial charge < -0.3 is 10.6 Å². The Kier molecular flexibility index (Phi) is 1.73. The lowest BCUT2D eigenvalue weighted by molar-refractivity contribution is -0.126. The molecule has 0 radical (unpaired) electrons. The van der Waals surface area contributed by atoms with E-state index in [2.05, 4.69) is 0 Å². The molecule has 60 valence electrons. The van der Waals surface area contributed by atoms with Gasteiger partial charge in [-0.3, -0.25) is 4.79 Å². The van der Waals surface area contributed by atoms with Crippen LogP contribution in [0, 0.1) is 16.9 Å². The predicted molar refractivity (Wildman–Crippen MR) is 39.1 cm³/mol. The molecule has 1 rings (SSSR count). The van der Waals surface area contributed by atoms with Crippen LogP contribution < -0.4 is 5.73 Å². The van der Waals surface area contributed by atoms with Crippen molar-refractivity contribution < 1.29 is 4.79 Å². The second-order valence-corrected chi connectivity index (χ2v) is 3.20. The second kappa shape index (κ2) is 2.42. The van der Waals surface area contributed by atoms with E-state index in [4.69, 9.17) is 11.0 Å². The molecular formula is C7H11N3O. The maximum absolute atomic E-state index is 10.9. The maximum Gasteiger partial charge on any atom is 0.225 e. The largest absolute Gasteiger partial charge is 0.369 e. The first-order valence-corrected chi connectivity index (χ1v) is 3.53. The highest BCUT2D eigenvalue weighted by Crippen LogP contribution is 2.28. The van der Waals surface area contributed by atoms with Gasteiger partial charge >= 0.3 is 0 Å². The van der Waals surface area contributed by atoms with Crippen LogP contribution in [-0.4, -0.2) is 23.9 Å². The number of amides is 1. The minimum Gasteiger partial charge on any atom is -0.369 e. The zero-order chi connectivity index (χ0) is 8.48. The van der Waals surface area contributed by atoms with Crippen molar-refractivity contribution in [3.05, 3.63) is 0 Å². The Balaban J connectivity index is 2.67. The summed E-state index contributed by atoms with van der Waals surface area (Å²) in [5.74, 6) is -0.310. The molecule has 0 spiro atoms. The molecule has 0 bridgehead atoms. The van der Waals surface area contributed by atoms with Gasteiger partial charge in [0.05, 0.1) is 5.41 Å². The Morgan fingerprint density at radius 2 is 2.45 bits per heavy atom. The van der Waals surface area contributed by atoms with Crippen LogP contribution in [0.15, 0.2) is 0 Å². The molecule has 0 saturated carbocycles. The topological polar surface area (TPSA) is 70.1 Å². The van der Waals surface area contributed by atoms with Crippen LogP contribution in [0.25, 0.3) is 0 Å². The number of nitrogens with two attached hydrogens (primary N) is 1. The predicted octanol–water partition coefficient (Wildman–Crippen LogP) is -0.335. The zero-order valence-electron chi connectivity index (χ0n) is 6.50. The monoisotopic (exact) mass is 153 g/mol. The highest BCUT2D eigenvalue weighted by atomic mass is 16.1. The molecule has 2 N–H and O–H groups in total. The molecule has 0 aliphatic carbocycles. The van der Waals surface area contributed by atoms with E-state index in [0.29, 0.717) is 19.5 Å². The third-order valence-electron chi connectivity index (χ3n) is 2.21. The molecule has 0 aromatic heterocycles. The van der Waals surface area contributed by atoms with Crippen LogP contribution in [0.2, 0.25) is 0 Å². The van der Waals surface area contributed by atoms with E-state index in [1.165, 1.54) is 0 Å². The summed E-state index contributed by atoms with van der Waals surface area (Å²) in [7, 11) is 0. The Morgan fingerprint density at radius 1 is 1.82 bits per heavy atom. The molecule has 0 aromatic carbocycles. The summed E-state index contributed by atoms with van der Waals surface area (Å²) in [6.07, 6.45) is 2.69. The van der Waals surface area contributed by atoms with Gasteiger partial charge in [-0.15, -0.1) is 0 Å². The van der Waals surface area contributed by atoms with Crippen molar-refractivity contribution in [2.24, 2.45) is 11.1 Å². The molecule has 1 heterocycles. The smallest absolute Gasteiger partial charge is 0.225 e. The third kappa shape index (κ3) is 1.27. The van der Waals surface area contributed by atoms with Crippen LogP contribution in [-0.2, 0) is 4.79 Å². The van der Waals surface area contributed by atoms with Gasteiger partial charge in [-0.05, 0) is 13.3 Å². The summed E-state index contributed by atoms with van der Waals surface area (Å²) >= 11 is 0. The highest BCUT2D eigenvalue weighted by molar-refractivity contribution is 5.81. The normalized spacial score (nSPS) is 30.0. The Labute approximate surface area is 65.6 Å². The molecule has 0 aromatic rings. The van der Waals surface area contributed by atoms with Gasteiger partial charge in [0.1, 0.15) is 0 Å². The molecule has 11 heavy (non-hydrogen) atoms. The number of nitriles is 1. The van der Waals surface area contributed by atoms with Gasteiger partial charge in [0.25, 0.3) is 0 Å². The fraction of sp³-hybridized carbons (Fsp3) is 0.714. The Hall–Kier alpha value is -1.24. The first kappa shape index (κ1) is 7.86. The van der Waals surface area contributed by atoms with Crippen LogP contribution in [0.1, 0.15) is 13.3 Å². The van der Waals surface area contributed by atoms with Gasteiger partial charge in [0, 0.05) is 13.1 Å². The highest BCUT2D eigenvalue weighted by Gasteiger charge is 2.38. The molecule has 1 aliphatic heterocycles. The van der Waals surface area contributed by atoms with Crippen LogP contribution in [0.5, 0.6) is 0 Å². The van der Waals surface area contributed by atoms with E-state index in [0.717, 1.165) is 0 Å². The number of carbonyl (C=O) groups is 1. The first-order chi connectivity index (χ1) is 5.08. The van der Waals surface area contributed by atoms with E-state index in [1.54, 1.807) is 11.8 Å². The Bertz CT molecular complexity index is 220. The second-order valence-electron chi connectivity index (χ2n) is 3.20. The number of likely N-dealkylation sites (tertiary alicyclic amines) is 1. The van der Waals surface area contributed by atoms with Gasteiger partial charge in [-0.2, -0.15) is 5.26 Å². The number of hydrogen-bond donors (Lipinski definition) is 1. The number of primary amides is 1.